The van der Waals surface area contributed by atoms with Crippen molar-refractivity contribution >= 4 is 5.97 Å². The number of carbonyl (C=O) groups excluding carboxylic acids is 1. The summed E-state index contributed by atoms with van der Waals surface area (Å²) in [7, 11) is 0. The van der Waals surface area contributed by atoms with E-state index < -0.39 is 0 Å². The van der Waals surface area contributed by atoms with E-state index >= 15 is 0 Å². The minimum absolute atomic E-state index is 0.114. The summed E-state index contributed by atoms with van der Waals surface area (Å²) in [4.78, 5) is 17.9. The van der Waals surface area contributed by atoms with Crippen molar-refractivity contribution in [2.24, 2.45) is 5.92 Å². The first-order chi connectivity index (χ1) is 10.2. The molecule has 0 heterocycles. The maximum Gasteiger partial charge on any atom is 0.311 e. The zero-order valence-corrected chi connectivity index (χ0v) is 14.5. The lowest BCUT2D eigenvalue weighted by atomic mass is 10.0. The van der Waals surface area contributed by atoms with Crippen molar-refractivity contribution in [3.8, 4) is 0 Å². The molecule has 0 saturated carbocycles. The fraction of sp³-hybridized carbons (Fsp3) is 0.941. The third kappa shape index (κ3) is 10.7. The molecule has 0 N–H and O–H groups in total. The van der Waals surface area contributed by atoms with Gasteiger partial charge in [0.05, 0.1) is 19.1 Å². The second-order valence-corrected chi connectivity index (χ2v) is 5.52. The predicted molar refractivity (Wildman–Crippen MR) is 87.0 cm³/mol. The summed E-state index contributed by atoms with van der Waals surface area (Å²) in [5.74, 6) is -0.243. The lowest BCUT2D eigenvalue weighted by Crippen LogP contribution is -2.32. The number of unbranched alkanes of at least 4 members (excludes halogenated alkanes) is 3. The number of hydroxylamine groups is 2. The Morgan fingerprint density at radius 3 is 2.00 bits per heavy atom. The number of hydrogen-bond donors (Lipinski definition) is 0. The maximum absolute atomic E-state index is 12.0. The van der Waals surface area contributed by atoms with Crippen molar-refractivity contribution in [2.75, 3.05) is 26.3 Å². The van der Waals surface area contributed by atoms with Gasteiger partial charge >= 0.3 is 5.97 Å². The Bertz CT molecular complexity index is 238. The van der Waals surface area contributed by atoms with Crippen molar-refractivity contribution < 1.29 is 14.4 Å². The molecule has 4 heteroatoms. The van der Waals surface area contributed by atoms with Crippen LogP contribution >= 0.6 is 0 Å². The molecule has 0 spiro atoms. The van der Waals surface area contributed by atoms with Gasteiger partial charge in [0.1, 0.15) is 0 Å². The molecule has 21 heavy (non-hydrogen) atoms. The first-order valence-corrected chi connectivity index (χ1v) is 8.73. The van der Waals surface area contributed by atoms with E-state index in [1.807, 2.05) is 12.0 Å². The summed E-state index contributed by atoms with van der Waals surface area (Å²) < 4.78 is 5.16. The third-order valence-corrected chi connectivity index (χ3v) is 3.51. The molecule has 0 aliphatic heterocycles. The number of hydrogen-bond acceptors (Lipinski definition) is 4. The second-order valence-electron chi connectivity index (χ2n) is 5.52. The molecule has 0 radical (unpaired) electrons. The van der Waals surface area contributed by atoms with Gasteiger partial charge in [-0.15, -0.1) is 0 Å². The summed E-state index contributed by atoms with van der Waals surface area (Å²) in [6, 6.07) is 0. The third-order valence-electron chi connectivity index (χ3n) is 3.51. The van der Waals surface area contributed by atoms with Gasteiger partial charge in [-0.05, 0) is 26.2 Å². The first kappa shape index (κ1) is 20.4. The van der Waals surface area contributed by atoms with Gasteiger partial charge in [0.25, 0.3) is 0 Å². The normalized spacial score (nSPS) is 12.6. The fourth-order valence-electron chi connectivity index (χ4n) is 2.09. The summed E-state index contributed by atoms with van der Waals surface area (Å²) >= 11 is 0. The molecule has 0 fully saturated rings. The summed E-state index contributed by atoms with van der Waals surface area (Å²) in [5, 5.41) is 2.03. The standard InChI is InChI=1S/C17H35NO3/c1-5-9-12-16(17(19)20-8-4)15-21-18(13-10-6-2)14-11-7-3/h16H,5-15H2,1-4H3. The van der Waals surface area contributed by atoms with E-state index in [-0.39, 0.29) is 11.9 Å². The number of nitrogens with zero attached hydrogens (tertiary/aromatic N) is 1. The molecule has 0 aliphatic carbocycles. The first-order valence-electron chi connectivity index (χ1n) is 8.73. The largest absolute Gasteiger partial charge is 0.466 e. The molecular formula is C17H35NO3. The Balaban J connectivity index is 4.31. The van der Waals surface area contributed by atoms with Crippen LogP contribution in [0.5, 0.6) is 0 Å². The van der Waals surface area contributed by atoms with E-state index in [1.165, 1.54) is 0 Å². The van der Waals surface area contributed by atoms with Crippen LogP contribution in [0.2, 0.25) is 0 Å². The second kappa shape index (κ2) is 14.3. The number of ether oxygens (including phenoxy) is 1. The van der Waals surface area contributed by atoms with Gasteiger partial charge in [-0.2, -0.15) is 5.06 Å². The highest BCUT2D eigenvalue weighted by Crippen LogP contribution is 2.13. The molecule has 0 saturated heterocycles. The highest BCUT2D eigenvalue weighted by molar-refractivity contribution is 5.72. The highest BCUT2D eigenvalue weighted by Gasteiger charge is 2.21. The van der Waals surface area contributed by atoms with Crippen LogP contribution in [-0.2, 0) is 14.4 Å². The molecule has 0 aromatic carbocycles. The molecule has 0 bridgehead atoms. The topological polar surface area (TPSA) is 38.8 Å². The lowest BCUT2D eigenvalue weighted by Gasteiger charge is -2.24. The van der Waals surface area contributed by atoms with Crippen LogP contribution in [0, 0.1) is 5.92 Å². The zero-order chi connectivity index (χ0) is 15.9. The molecule has 0 aromatic heterocycles. The average molecular weight is 301 g/mol. The molecule has 4 nitrogen and oxygen atoms in total. The molecule has 126 valence electrons. The zero-order valence-electron chi connectivity index (χ0n) is 14.5. The molecule has 1 unspecified atom stereocenters. The average Bonchev–Trinajstić information content (AvgIpc) is 2.49. The van der Waals surface area contributed by atoms with Gasteiger partial charge in [-0.25, -0.2) is 0 Å². The summed E-state index contributed by atoms with van der Waals surface area (Å²) in [5.41, 5.74) is 0. The van der Waals surface area contributed by atoms with Crippen LogP contribution in [0.1, 0.15) is 72.6 Å². The molecule has 0 rings (SSSR count). The van der Waals surface area contributed by atoms with E-state index in [1.54, 1.807) is 0 Å². The van der Waals surface area contributed by atoms with Crippen LogP contribution in [0.15, 0.2) is 0 Å². The van der Waals surface area contributed by atoms with Crippen molar-refractivity contribution in [2.45, 2.75) is 72.6 Å². The van der Waals surface area contributed by atoms with Crippen molar-refractivity contribution in [1.29, 1.82) is 0 Å². The van der Waals surface area contributed by atoms with Gasteiger partial charge in [-0.3, -0.25) is 9.63 Å². The number of rotatable bonds is 14. The van der Waals surface area contributed by atoms with Crippen molar-refractivity contribution in [1.82, 2.24) is 5.06 Å². The SMILES string of the molecule is CCCCC(CON(CCCC)CCCC)C(=O)OCC. The smallest absolute Gasteiger partial charge is 0.311 e. The minimum Gasteiger partial charge on any atom is -0.466 e. The van der Waals surface area contributed by atoms with Gasteiger partial charge < -0.3 is 4.74 Å². The Hall–Kier alpha value is -0.610. The van der Waals surface area contributed by atoms with Crippen LogP contribution < -0.4 is 0 Å². The molecule has 0 aromatic rings. The quantitative estimate of drug-likeness (QED) is 0.356. The molecule has 0 aliphatic rings. The van der Waals surface area contributed by atoms with Crippen LogP contribution in [0.4, 0.5) is 0 Å². The van der Waals surface area contributed by atoms with Gasteiger partial charge in [0, 0.05) is 13.1 Å². The van der Waals surface area contributed by atoms with E-state index in [0.29, 0.717) is 13.2 Å². The molecular weight excluding hydrogens is 266 g/mol. The van der Waals surface area contributed by atoms with Crippen molar-refractivity contribution in [3.63, 3.8) is 0 Å². The van der Waals surface area contributed by atoms with Crippen LogP contribution in [0.3, 0.4) is 0 Å². The highest BCUT2D eigenvalue weighted by atomic mass is 16.7. The summed E-state index contributed by atoms with van der Waals surface area (Å²) in [6.07, 6.45) is 7.55. The van der Waals surface area contributed by atoms with Gasteiger partial charge in [0.15, 0.2) is 0 Å². The van der Waals surface area contributed by atoms with Gasteiger partial charge in [0.2, 0.25) is 0 Å². The molecule has 1 atom stereocenters. The van der Waals surface area contributed by atoms with E-state index in [4.69, 9.17) is 9.57 Å². The number of esters is 1. The Morgan fingerprint density at radius 1 is 0.952 bits per heavy atom. The van der Waals surface area contributed by atoms with E-state index in [2.05, 4.69) is 20.8 Å². The fourth-order valence-corrected chi connectivity index (χ4v) is 2.09. The predicted octanol–water partition coefficient (Wildman–Crippen LogP) is 4.19. The van der Waals surface area contributed by atoms with Crippen molar-refractivity contribution in [3.05, 3.63) is 0 Å². The van der Waals surface area contributed by atoms with Crippen LogP contribution in [-0.4, -0.2) is 37.3 Å². The Morgan fingerprint density at radius 2 is 1.52 bits per heavy atom. The lowest BCUT2D eigenvalue weighted by molar-refractivity contribution is -0.182. The maximum atomic E-state index is 12.0. The van der Waals surface area contributed by atoms with E-state index in [9.17, 15) is 4.79 Å². The monoisotopic (exact) mass is 301 g/mol. The Labute approximate surface area is 131 Å². The number of carbonyl (C=O) groups is 1. The minimum atomic E-state index is -0.129. The molecule has 0 amide bonds. The van der Waals surface area contributed by atoms with E-state index in [0.717, 1.165) is 58.0 Å². The summed E-state index contributed by atoms with van der Waals surface area (Å²) in [6.45, 7) is 11.1. The van der Waals surface area contributed by atoms with Gasteiger partial charge in [-0.1, -0.05) is 46.5 Å². The van der Waals surface area contributed by atoms with Crippen LogP contribution in [0.25, 0.3) is 0 Å². The Kier molecular flexibility index (Phi) is 13.9.